The van der Waals surface area contributed by atoms with Crippen LogP contribution in [-0.4, -0.2) is 37.4 Å². The second kappa shape index (κ2) is 15.0. The molecule has 0 unspecified atom stereocenters. The van der Waals surface area contributed by atoms with E-state index in [0.717, 1.165) is 24.6 Å². The van der Waals surface area contributed by atoms with Crippen LogP contribution in [-0.2, 0) is 11.3 Å². The predicted molar refractivity (Wildman–Crippen MR) is 134 cm³/mol. The highest BCUT2D eigenvalue weighted by Gasteiger charge is 2.17. The number of nitrogens with one attached hydrogen (secondary N) is 3. The Bertz CT molecular complexity index is 675. The number of amides is 2. The lowest BCUT2D eigenvalue weighted by Gasteiger charge is -2.26. The van der Waals surface area contributed by atoms with Crippen molar-refractivity contribution in [3.63, 3.8) is 0 Å². The van der Waals surface area contributed by atoms with Gasteiger partial charge in [0, 0.05) is 18.7 Å². The molecule has 2 amide bonds. The van der Waals surface area contributed by atoms with E-state index in [1.165, 1.54) is 25.7 Å². The average molecular weight is 531 g/mol. The zero-order valence-corrected chi connectivity index (χ0v) is 21.0. The average Bonchev–Trinajstić information content (AvgIpc) is 2.68. The molecule has 0 saturated carbocycles. The van der Waals surface area contributed by atoms with Crippen LogP contribution in [0.2, 0.25) is 0 Å². The van der Waals surface area contributed by atoms with Gasteiger partial charge in [-0.15, -0.1) is 24.0 Å². The molecule has 0 heterocycles. The van der Waals surface area contributed by atoms with E-state index >= 15 is 0 Å². The second-order valence-electron chi connectivity index (χ2n) is 8.02. The Morgan fingerprint density at radius 3 is 2.27 bits per heavy atom. The van der Waals surface area contributed by atoms with Gasteiger partial charge in [0.25, 0.3) is 5.91 Å². The van der Waals surface area contributed by atoms with Crippen LogP contribution in [0.4, 0.5) is 0 Å². The molecule has 0 radical (unpaired) electrons. The molecule has 0 fully saturated rings. The monoisotopic (exact) mass is 531 g/mol. The molecule has 0 aromatic heterocycles. The van der Waals surface area contributed by atoms with Crippen molar-refractivity contribution in [2.75, 3.05) is 19.6 Å². The number of nitrogens with two attached hydrogens (primary N) is 1. The summed E-state index contributed by atoms with van der Waals surface area (Å²) in [6.45, 7) is 10.8. The highest BCUT2D eigenvalue weighted by Crippen LogP contribution is 2.22. The van der Waals surface area contributed by atoms with Crippen molar-refractivity contribution in [1.29, 1.82) is 0 Å². The quantitative estimate of drug-likeness (QED) is 0.144. The number of halogens is 1. The Morgan fingerprint density at radius 2 is 1.70 bits per heavy atom. The fourth-order valence-corrected chi connectivity index (χ4v) is 2.81. The third-order valence-corrected chi connectivity index (χ3v) is 4.59. The van der Waals surface area contributed by atoms with Crippen LogP contribution in [0.3, 0.4) is 0 Å². The molecule has 0 atom stereocenters. The molecule has 170 valence electrons. The van der Waals surface area contributed by atoms with E-state index in [9.17, 15) is 9.59 Å². The maximum Gasteiger partial charge on any atom is 0.251 e. The van der Waals surface area contributed by atoms with E-state index in [2.05, 4.69) is 41.7 Å². The number of guanidine groups is 1. The SMILES string of the molecule is CCCCCC(C)(C)CNC(=NCc1ccc(C(=O)NCC(N)=O)cc1)NCC.I. The van der Waals surface area contributed by atoms with Crippen LogP contribution < -0.4 is 21.7 Å². The minimum atomic E-state index is -0.568. The Hall–Kier alpha value is -1.84. The maximum absolute atomic E-state index is 11.9. The third kappa shape index (κ3) is 12.0. The molecule has 0 aliphatic carbocycles. The van der Waals surface area contributed by atoms with Crippen molar-refractivity contribution < 1.29 is 9.59 Å². The van der Waals surface area contributed by atoms with Crippen LogP contribution in [0.5, 0.6) is 0 Å². The first-order valence-electron chi connectivity index (χ1n) is 10.4. The van der Waals surface area contributed by atoms with Crippen molar-refractivity contribution >= 4 is 41.8 Å². The van der Waals surface area contributed by atoms with Gasteiger partial charge in [0.15, 0.2) is 5.96 Å². The summed E-state index contributed by atoms with van der Waals surface area (Å²) in [7, 11) is 0. The molecular weight excluding hydrogens is 493 g/mol. The van der Waals surface area contributed by atoms with Crippen molar-refractivity contribution in [3.05, 3.63) is 35.4 Å². The van der Waals surface area contributed by atoms with Gasteiger partial charge in [-0.2, -0.15) is 0 Å². The first-order valence-corrected chi connectivity index (χ1v) is 10.4. The molecule has 8 heteroatoms. The van der Waals surface area contributed by atoms with Gasteiger partial charge in [0.05, 0.1) is 13.1 Å². The van der Waals surface area contributed by atoms with Gasteiger partial charge in [-0.3, -0.25) is 9.59 Å². The third-order valence-electron chi connectivity index (χ3n) is 4.59. The molecule has 0 spiro atoms. The van der Waals surface area contributed by atoms with E-state index < -0.39 is 5.91 Å². The van der Waals surface area contributed by atoms with Crippen molar-refractivity contribution in [2.45, 2.75) is 59.9 Å². The highest BCUT2D eigenvalue weighted by molar-refractivity contribution is 14.0. The van der Waals surface area contributed by atoms with Crippen molar-refractivity contribution in [3.8, 4) is 0 Å². The summed E-state index contributed by atoms with van der Waals surface area (Å²) >= 11 is 0. The molecule has 7 nitrogen and oxygen atoms in total. The van der Waals surface area contributed by atoms with Gasteiger partial charge in [-0.25, -0.2) is 4.99 Å². The maximum atomic E-state index is 11.9. The van der Waals surface area contributed by atoms with Gasteiger partial charge in [0.2, 0.25) is 5.91 Å². The minimum Gasteiger partial charge on any atom is -0.368 e. The molecule has 0 aliphatic heterocycles. The number of rotatable bonds is 12. The number of hydrogen-bond donors (Lipinski definition) is 4. The van der Waals surface area contributed by atoms with E-state index in [-0.39, 0.29) is 41.8 Å². The predicted octanol–water partition coefficient (Wildman–Crippen LogP) is 3.18. The number of carbonyl (C=O) groups is 2. The van der Waals surface area contributed by atoms with Crippen molar-refractivity contribution in [1.82, 2.24) is 16.0 Å². The molecule has 0 bridgehead atoms. The zero-order chi connectivity index (χ0) is 21.7. The Balaban J connectivity index is 0.00000841. The van der Waals surface area contributed by atoms with Crippen LogP contribution in [0.15, 0.2) is 29.3 Å². The van der Waals surface area contributed by atoms with E-state index in [1.807, 2.05) is 19.1 Å². The lowest BCUT2D eigenvalue weighted by molar-refractivity contribution is -0.117. The fraction of sp³-hybridized carbons (Fsp3) is 0.591. The normalized spacial score (nSPS) is 11.4. The van der Waals surface area contributed by atoms with E-state index in [0.29, 0.717) is 12.1 Å². The summed E-state index contributed by atoms with van der Waals surface area (Å²) in [5, 5.41) is 9.20. The van der Waals surface area contributed by atoms with Gasteiger partial charge in [-0.05, 0) is 36.5 Å². The number of primary amides is 1. The van der Waals surface area contributed by atoms with Crippen molar-refractivity contribution in [2.24, 2.45) is 16.1 Å². The second-order valence-corrected chi connectivity index (χ2v) is 8.02. The highest BCUT2D eigenvalue weighted by atomic mass is 127. The molecule has 1 aromatic carbocycles. The molecule has 1 rings (SSSR count). The lowest BCUT2D eigenvalue weighted by Crippen LogP contribution is -2.42. The first kappa shape index (κ1) is 28.2. The van der Waals surface area contributed by atoms with Gasteiger partial charge in [0.1, 0.15) is 0 Å². The van der Waals surface area contributed by atoms with Gasteiger partial charge < -0.3 is 21.7 Å². The summed E-state index contributed by atoms with van der Waals surface area (Å²) in [5.74, 6) is -0.0974. The molecule has 1 aromatic rings. The molecule has 0 aliphatic rings. The Morgan fingerprint density at radius 1 is 1.03 bits per heavy atom. The summed E-state index contributed by atoms with van der Waals surface area (Å²) in [5.41, 5.74) is 6.73. The Kier molecular flexibility index (Phi) is 14.1. The van der Waals surface area contributed by atoms with Crippen LogP contribution in [0.25, 0.3) is 0 Å². The smallest absolute Gasteiger partial charge is 0.251 e. The lowest BCUT2D eigenvalue weighted by atomic mass is 9.87. The number of hydrogen-bond acceptors (Lipinski definition) is 3. The zero-order valence-electron chi connectivity index (χ0n) is 18.7. The number of benzene rings is 1. The van der Waals surface area contributed by atoms with E-state index in [1.54, 1.807) is 12.1 Å². The van der Waals surface area contributed by atoms with Gasteiger partial charge in [-0.1, -0.05) is 52.2 Å². The van der Waals surface area contributed by atoms with Crippen LogP contribution in [0, 0.1) is 5.41 Å². The molecular formula is C22H38IN5O2. The largest absolute Gasteiger partial charge is 0.368 e. The van der Waals surface area contributed by atoms with E-state index in [4.69, 9.17) is 5.73 Å². The summed E-state index contributed by atoms with van der Waals surface area (Å²) in [6, 6.07) is 7.17. The fourth-order valence-electron chi connectivity index (χ4n) is 2.81. The summed E-state index contributed by atoms with van der Waals surface area (Å²) in [4.78, 5) is 27.3. The molecule has 5 N–H and O–H groups in total. The number of carbonyl (C=O) groups excluding carboxylic acids is 2. The van der Waals surface area contributed by atoms with Crippen LogP contribution >= 0.6 is 24.0 Å². The summed E-state index contributed by atoms with van der Waals surface area (Å²) in [6.07, 6.45) is 4.94. The Labute approximate surface area is 198 Å². The standard InChI is InChI=1S/C22H37N5O2.HI/c1-5-7-8-13-22(3,4)16-27-21(24-6-2)26-14-17-9-11-18(12-10-17)20(29)25-15-19(23)28;/h9-12H,5-8,13-16H2,1-4H3,(H2,23,28)(H,25,29)(H2,24,26,27);1H. The molecule has 0 saturated heterocycles. The first-order chi connectivity index (χ1) is 13.8. The summed E-state index contributed by atoms with van der Waals surface area (Å²) < 4.78 is 0. The number of nitrogens with zero attached hydrogens (tertiary/aromatic N) is 1. The topological polar surface area (TPSA) is 109 Å². The van der Waals surface area contributed by atoms with Crippen LogP contribution in [0.1, 0.15) is 69.3 Å². The minimum absolute atomic E-state index is 0. The number of unbranched alkanes of at least 4 members (excludes halogenated alkanes) is 2. The van der Waals surface area contributed by atoms with Gasteiger partial charge >= 0.3 is 0 Å². The molecule has 30 heavy (non-hydrogen) atoms. The number of aliphatic imine (C=N–C) groups is 1.